The lowest BCUT2D eigenvalue weighted by molar-refractivity contribution is -0.138. The molecule has 1 amide bonds. The molecule has 2 fully saturated rings. The molecule has 1 aromatic carbocycles. The molecule has 1 aliphatic heterocycles. The molecule has 1 saturated heterocycles. The van der Waals surface area contributed by atoms with E-state index in [9.17, 15) is 17.6 Å². The third-order valence-electron chi connectivity index (χ3n) is 5.48. The molecular formula is C20H22ClFN2O3S2. The Morgan fingerprint density at radius 1 is 1.24 bits per heavy atom. The summed E-state index contributed by atoms with van der Waals surface area (Å²) in [5.74, 6) is -0.968. The monoisotopic (exact) mass is 456 g/mol. The van der Waals surface area contributed by atoms with Gasteiger partial charge in [-0.25, -0.2) is 12.8 Å². The van der Waals surface area contributed by atoms with Gasteiger partial charge in [-0.15, -0.1) is 11.3 Å². The predicted molar refractivity (Wildman–Crippen MR) is 111 cm³/mol. The molecular weight excluding hydrogens is 435 g/mol. The van der Waals surface area contributed by atoms with Crippen LogP contribution in [-0.2, 0) is 21.4 Å². The fourth-order valence-electron chi connectivity index (χ4n) is 3.76. The van der Waals surface area contributed by atoms with Crippen molar-refractivity contribution in [3.63, 3.8) is 0 Å². The van der Waals surface area contributed by atoms with Gasteiger partial charge in [-0.1, -0.05) is 23.7 Å². The highest BCUT2D eigenvalue weighted by atomic mass is 35.5. The second-order valence-electron chi connectivity index (χ2n) is 7.53. The fraction of sp³-hybridized carbons (Fsp3) is 0.450. The van der Waals surface area contributed by atoms with Crippen molar-refractivity contribution in [1.29, 1.82) is 0 Å². The molecule has 1 saturated carbocycles. The summed E-state index contributed by atoms with van der Waals surface area (Å²) in [4.78, 5) is 15.0. The molecule has 0 N–H and O–H groups in total. The first-order valence-corrected chi connectivity index (χ1v) is 12.3. The first-order chi connectivity index (χ1) is 13.9. The summed E-state index contributed by atoms with van der Waals surface area (Å²) in [6, 6.07) is 7.86. The normalized spacial score (nSPS) is 20.6. The largest absolute Gasteiger partial charge is 0.335 e. The van der Waals surface area contributed by atoms with Crippen LogP contribution in [0.25, 0.3) is 0 Å². The number of hydrogen-bond donors (Lipinski definition) is 0. The maximum atomic E-state index is 14.3. The highest BCUT2D eigenvalue weighted by Crippen LogP contribution is 2.34. The Bertz CT molecular complexity index is 973. The SMILES string of the molecule is O=C(C1CCCN(S(=O)(=O)c2cccs2)C1)N(Cc1c(F)cccc1Cl)C1CC1. The third kappa shape index (κ3) is 4.35. The zero-order chi connectivity index (χ0) is 20.6. The van der Waals surface area contributed by atoms with Crippen molar-refractivity contribution in [3.8, 4) is 0 Å². The molecule has 0 bridgehead atoms. The number of thiophene rings is 1. The lowest BCUT2D eigenvalue weighted by Crippen LogP contribution is -2.47. The van der Waals surface area contributed by atoms with E-state index in [2.05, 4.69) is 0 Å². The Labute approximate surface area is 179 Å². The zero-order valence-electron chi connectivity index (χ0n) is 15.8. The van der Waals surface area contributed by atoms with Gasteiger partial charge in [0, 0.05) is 29.7 Å². The average Bonchev–Trinajstić information content (AvgIpc) is 3.38. The van der Waals surface area contributed by atoms with Crippen molar-refractivity contribution in [2.24, 2.45) is 5.92 Å². The number of carbonyl (C=O) groups excluding carboxylic acids is 1. The lowest BCUT2D eigenvalue weighted by Gasteiger charge is -2.34. The number of hydrogen-bond acceptors (Lipinski definition) is 4. The molecule has 1 aliphatic carbocycles. The van der Waals surface area contributed by atoms with Crippen molar-refractivity contribution in [2.45, 2.75) is 42.5 Å². The number of halogens is 2. The van der Waals surface area contributed by atoms with Gasteiger partial charge in [-0.05, 0) is 49.3 Å². The van der Waals surface area contributed by atoms with Crippen LogP contribution < -0.4 is 0 Å². The maximum Gasteiger partial charge on any atom is 0.252 e. The Morgan fingerprint density at radius 3 is 2.69 bits per heavy atom. The molecule has 156 valence electrons. The summed E-state index contributed by atoms with van der Waals surface area (Å²) in [5.41, 5.74) is 0.313. The van der Waals surface area contributed by atoms with E-state index in [-0.39, 0.29) is 25.0 Å². The van der Waals surface area contributed by atoms with Crippen molar-refractivity contribution in [1.82, 2.24) is 9.21 Å². The van der Waals surface area contributed by atoms with E-state index in [1.807, 2.05) is 0 Å². The molecule has 4 rings (SSSR count). The summed E-state index contributed by atoms with van der Waals surface area (Å²) in [6.45, 7) is 0.684. The summed E-state index contributed by atoms with van der Waals surface area (Å²) in [7, 11) is -3.59. The number of piperidine rings is 1. The first kappa shape index (κ1) is 20.8. The molecule has 2 aliphatic rings. The van der Waals surface area contributed by atoms with E-state index in [1.54, 1.807) is 34.5 Å². The van der Waals surface area contributed by atoms with Crippen molar-refractivity contribution in [3.05, 3.63) is 52.1 Å². The molecule has 1 atom stereocenters. The minimum atomic E-state index is -3.59. The lowest BCUT2D eigenvalue weighted by atomic mass is 9.97. The van der Waals surface area contributed by atoms with Gasteiger partial charge in [0.15, 0.2) is 0 Å². The second kappa shape index (κ2) is 8.34. The molecule has 29 heavy (non-hydrogen) atoms. The molecule has 1 aromatic heterocycles. The molecule has 0 radical (unpaired) electrons. The molecule has 1 unspecified atom stereocenters. The fourth-order valence-corrected chi connectivity index (χ4v) is 6.65. The number of carbonyl (C=O) groups is 1. The molecule has 5 nitrogen and oxygen atoms in total. The van der Waals surface area contributed by atoms with Gasteiger partial charge in [-0.2, -0.15) is 4.31 Å². The standard InChI is InChI=1S/C20H22ClFN2O3S2/c21-17-5-1-6-18(22)16(17)13-24(15-8-9-15)20(25)14-4-2-10-23(12-14)29(26,27)19-7-3-11-28-19/h1,3,5-7,11,14-15H,2,4,8-10,12-13H2. The Hall–Kier alpha value is -1.48. The smallest absolute Gasteiger partial charge is 0.252 e. The number of rotatable bonds is 6. The molecule has 2 heterocycles. The number of benzene rings is 1. The summed E-state index contributed by atoms with van der Waals surface area (Å²) < 4.78 is 41.7. The zero-order valence-corrected chi connectivity index (χ0v) is 18.1. The van der Waals surface area contributed by atoms with Crippen LogP contribution in [-0.4, -0.2) is 42.7 Å². The van der Waals surface area contributed by atoms with E-state index in [4.69, 9.17) is 11.6 Å². The molecule has 0 spiro atoms. The summed E-state index contributed by atoms with van der Waals surface area (Å²) in [6.07, 6.45) is 3.01. The third-order valence-corrected chi connectivity index (χ3v) is 9.08. The van der Waals surface area contributed by atoms with Crippen LogP contribution in [0.5, 0.6) is 0 Å². The molecule has 2 aromatic rings. The Morgan fingerprint density at radius 2 is 2.03 bits per heavy atom. The first-order valence-electron chi connectivity index (χ1n) is 9.65. The number of amides is 1. The Kier molecular flexibility index (Phi) is 5.97. The molecule has 9 heteroatoms. The highest BCUT2D eigenvalue weighted by Gasteiger charge is 2.40. The van der Waals surface area contributed by atoms with Gasteiger partial charge in [-0.3, -0.25) is 4.79 Å². The number of sulfonamides is 1. The van der Waals surface area contributed by atoms with Crippen LogP contribution in [0.4, 0.5) is 4.39 Å². The van der Waals surface area contributed by atoms with Gasteiger partial charge >= 0.3 is 0 Å². The van der Waals surface area contributed by atoms with Gasteiger partial charge in [0.1, 0.15) is 10.0 Å². The predicted octanol–water partition coefficient (Wildman–Crippen LogP) is 4.13. The van der Waals surface area contributed by atoms with E-state index in [0.29, 0.717) is 34.2 Å². The van der Waals surface area contributed by atoms with Gasteiger partial charge in [0.2, 0.25) is 5.91 Å². The van der Waals surface area contributed by atoms with Crippen LogP contribution in [0.15, 0.2) is 39.9 Å². The van der Waals surface area contributed by atoms with Gasteiger partial charge in [0.25, 0.3) is 10.0 Å². The van der Waals surface area contributed by atoms with E-state index >= 15 is 0 Å². The second-order valence-corrected chi connectivity index (χ2v) is 11.1. The van der Waals surface area contributed by atoms with Crippen molar-refractivity contribution < 1.29 is 17.6 Å². The van der Waals surface area contributed by atoms with Crippen LogP contribution in [0.1, 0.15) is 31.2 Å². The van der Waals surface area contributed by atoms with Gasteiger partial charge < -0.3 is 4.90 Å². The summed E-state index contributed by atoms with van der Waals surface area (Å²) >= 11 is 7.34. The van der Waals surface area contributed by atoms with E-state index in [0.717, 1.165) is 12.8 Å². The topological polar surface area (TPSA) is 57.7 Å². The maximum absolute atomic E-state index is 14.3. The highest BCUT2D eigenvalue weighted by molar-refractivity contribution is 7.91. The minimum Gasteiger partial charge on any atom is -0.335 e. The van der Waals surface area contributed by atoms with Gasteiger partial charge in [0.05, 0.1) is 12.5 Å². The van der Waals surface area contributed by atoms with Crippen LogP contribution >= 0.6 is 22.9 Å². The van der Waals surface area contributed by atoms with Crippen LogP contribution in [0, 0.1) is 11.7 Å². The van der Waals surface area contributed by atoms with Crippen LogP contribution in [0.3, 0.4) is 0 Å². The minimum absolute atomic E-state index is 0.0717. The van der Waals surface area contributed by atoms with Crippen molar-refractivity contribution in [2.75, 3.05) is 13.1 Å². The Balaban J connectivity index is 1.52. The average molecular weight is 457 g/mol. The number of nitrogens with zero attached hydrogens (tertiary/aromatic N) is 2. The van der Waals surface area contributed by atoms with Crippen LogP contribution in [0.2, 0.25) is 5.02 Å². The van der Waals surface area contributed by atoms with Crippen molar-refractivity contribution >= 4 is 38.9 Å². The van der Waals surface area contributed by atoms with E-state index < -0.39 is 21.8 Å². The van der Waals surface area contributed by atoms with E-state index in [1.165, 1.54) is 21.7 Å². The quantitative estimate of drug-likeness (QED) is 0.656. The summed E-state index contributed by atoms with van der Waals surface area (Å²) in [5, 5.41) is 2.03.